The molecule has 7 rings (SSSR count). The highest BCUT2D eigenvalue weighted by Gasteiger charge is 2.63. The summed E-state index contributed by atoms with van der Waals surface area (Å²) in [6.07, 6.45) is -14.0. The molecule has 3 aliphatic heterocycles. The van der Waals surface area contributed by atoms with Crippen LogP contribution in [0.5, 0.6) is 0 Å². The number of esters is 4. The Morgan fingerprint density at radius 3 is 1.38 bits per heavy atom. The number of carbonyl (C=O) groups is 4. The lowest BCUT2D eigenvalue weighted by atomic mass is 9.94. The summed E-state index contributed by atoms with van der Waals surface area (Å²) in [5, 5.41) is 11.3. The maximum atomic E-state index is 14.0. The molecule has 64 heavy (non-hydrogen) atoms. The van der Waals surface area contributed by atoms with Crippen LogP contribution in [0.15, 0.2) is 121 Å². The van der Waals surface area contributed by atoms with Crippen molar-refractivity contribution in [3.05, 3.63) is 144 Å². The van der Waals surface area contributed by atoms with E-state index in [2.05, 4.69) is 0 Å². The first-order valence-corrected chi connectivity index (χ1v) is 20.5. The van der Waals surface area contributed by atoms with Gasteiger partial charge >= 0.3 is 23.9 Å². The van der Waals surface area contributed by atoms with Crippen LogP contribution in [0.2, 0.25) is 0 Å². The van der Waals surface area contributed by atoms with Crippen LogP contribution in [0.1, 0.15) is 55.3 Å². The summed E-state index contributed by atoms with van der Waals surface area (Å²) in [7, 11) is 4.13. The van der Waals surface area contributed by atoms with E-state index in [1.165, 1.54) is 57.7 Å². The Morgan fingerprint density at radius 1 is 0.516 bits per heavy atom. The molecule has 17 nitrogen and oxygen atoms in total. The SMILES string of the molecule is CO[C@H]1O[C@H](CO[C@H]2O[C@H](COC(=O)c3ccccc3)[C@@H](OC(=O)c3ccccc3)[C@H](OC(=O)c3ccccc3)[C@@H]2OC(=O)c2ccccc2)[C@H]2OC(C)(OC)C(C)(OC)O[C@@H]2[C@H]1O. The van der Waals surface area contributed by atoms with E-state index in [0.717, 1.165) is 0 Å². The summed E-state index contributed by atoms with van der Waals surface area (Å²) in [5.41, 5.74) is 0.582. The number of methoxy groups -OCH3 is 3. The molecule has 3 saturated heterocycles. The Labute approximate surface area is 369 Å². The van der Waals surface area contributed by atoms with Crippen LogP contribution in [0, 0.1) is 0 Å². The van der Waals surface area contributed by atoms with Crippen LogP contribution in [0.3, 0.4) is 0 Å². The largest absolute Gasteiger partial charge is 0.459 e. The summed E-state index contributed by atoms with van der Waals surface area (Å²) in [4.78, 5) is 55.3. The van der Waals surface area contributed by atoms with Gasteiger partial charge in [-0.25, -0.2) is 19.2 Å². The molecule has 12 atom stereocenters. The van der Waals surface area contributed by atoms with Crippen molar-refractivity contribution in [1.29, 1.82) is 0 Å². The summed E-state index contributed by atoms with van der Waals surface area (Å²) < 4.78 is 73.0. The second kappa shape index (κ2) is 20.5. The van der Waals surface area contributed by atoms with Crippen LogP contribution in [-0.2, 0) is 56.8 Å². The minimum atomic E-state index is -1.68. The Morgan fingerprint density at radius 2 is 0.922 bits per heavy atom. The molecule has 2 unspecified atom stereocenters. The highest BCUT2D eigenvalue weighted by Crippen LogP contribution is 2.44. The fourth-order valence-corrected chi connectivity index (χ4v) is 7.55. The van der Waals surface area contributed by atoms with Crippen molar-refractivity contribution < 1.29 is 81.1 Å². The summed E-state index contributed by atoms with van der Waals surface area (Å²) in [6, 6.07) is 32.1. The standard InChI is InChI=1S/C47H50O17/c1-46(54-4)47(2,55-5)64-37-34(48)44(53-3)58-33(36(37)63-46)27-57-45-39(62-43(52)31-24-16-9-17-25-31)38(61-42(51)30-22-14-8-15-23-30)35(60-41(50)29-20-12-7-13-21-29)32(59-45)26-56-40(49)28-18-10-6-11-19-28/h6-25,32-39,44-45,48H,26-27H2,1-5H3/t32-,33-,34-,35-,36-,37-,38+,39+,44+,45+,46?,47?/m1/s1. The van der Waals surface area contributed by atoms with Gasteiger partial charge in [0.2, 0.25) is 11.6 Å². The predicted molar refractivity (Wildman–Crippen MR) is 221 cm³/mol. The van der Waals surface area contributed by atoms with Crippen LogP contribution >= 0.6 is 0 Å². The van der Waals surface area contributed by atoms with Gasteiger partial charge in [0.05, 0.1) is 28.9 Å². The third kappa shape index (κ3) is 10.0. The molecule has 0 amide bonds. The minimum absolute atomic E-state index is 0.115. The van der Waals surface area contributed by atoms with Crippen molar-refractivity contribution >= 4 is 23.9 Å². The fourth-order valence-electron chi connectivity index (χ4n) is 7.55. The lowest BCUT2D eigenvalue weighted by Crippen LogP contribution is -2.73. The van der Waals surface area contributed by atoms with Crippen molar-refractivity contribution in [3.8, 4) is 0 Å². The van der Waals surface area contributed by atoms with Gasteiger partial charge in [0.1, 0.15) is 37.1 Å². The molecule has 4 aromatic rings. The third-order valence-electron chi connectivity index (χ3n) is 11.3. The maximum Gasteiger partial charge on any atom is 0.338 e. The topological polar surface area (TPSA) is 199 Å². The van der Waals surface area contributed by atoms with Gasteiger partial charge in [0.25, 0.3) is 0 Å². The monoisotopic (exact) mass is 886 g/mol. The average Bonchev–Trinajstić information content (AvgIpc) is 3.33. The number of hydrogen-bond acceptors (Lipinski definition) is 17. The van der Waals surface area contributed by atoms with Gasteiger partial charge in [-0.3, -0.25) is 0 Å². The van der Waals surface area contributed by atoms with E-state index in [4.69, 9.17) is 56.8 Å². The average molecular weight is 887 g/mol. The highest BCUT2D eigenvalue weighted by atomic mass is 16.8. The number of carbonyl (C=O) groups excluding carboxylic acids is 4. The highest BCUT2D eigenvalue weighted by molar-refractivity contribution is 5.91. The molecule has 1 N–H and O–H groups in total. The molecule has 0 spiro atoms. The quantitative estimate of drug-likeness (QED) is 0.129. The lowest BCUT2D eigenvalue weighted by Gasteiger charge is -2.56. The van der Waals surface area contributed by atoms with Gasteiger partial charge in [-0.15, -0.1) is 0 Å². The van der Waals surface area contributed by atoms with E-state index in [-0.39, 0.29) is 22.3 Å². The number of ether oxygens (including phenoxy) is 12. The van der Waals surface area contributed by atoms with E-state index < -0.39 is 110 Å². The van der Waals surface area contributed by atoms with Gasteiger partial charge in [-0.1, -0.05) is 72.8 Å². The Hall–Kier alpha value is -5.60. The first-order chi connectivity index (χ1) is 30.9. The Balaban J connectivity index is 1.28. The van der Waals surface area contributed by atoms with Crippen LogP contribution < -0.4 is 0 Å². The van der Waals surface area contributed by atoms with Crippen molar-refractivity contribution in [2.45, 2.75) is 86.8 Å². The Bertz CT molecular complexity index is 2180. The van der Waals surface area contributed by atoms with E-state index in [0.29, 0.717) is 0 Å². The molecule has 3 heterocycles. The van der Waals surface area contributed by atoms with Crippen molar-refractivity contribution in [1.82, 2.24) is 0 Å². The van der Waals surface area contributed by atoms with Crippen LogP contribution in [0.4, 0.5) is 0 Å². The maximum absolute atomic E-state index is 14.0. The zero-order valence-corrected chi connectivity index (χ0v) is 35.7. The molecule has 3 fully saturated rings. The zero-order valence-electron chi connectivity index (χ0n) is 35.7. The number of aliphatic hydroxyl groups is 1. The molecule has 0 radical (unpaired) electrons. The van der Waals surface area contributed by atoms with E-state index in [1.54, 1.807) is 98.8 Å². The first kappa shape index (κ1) is 46.4. The molecule has 0 saturated carbocycles. The molecule has 3 aliphatic rings. The molecule has 0 aliphatic carbocycles. The lowest BCUT2D eigenvalue weighted by molar-refractivity contribution is -0.480. The van der Waals surface area contributed by atoms with Crippen molar-refractivity contribution in [2.75, 3.05) is 34.5 Å². The molecular formula is C47H50O17. The fraction of sp³-hybridized carbons (Fsp3) is 0.404. The number of fused-ring (bicyclic) bond motifs is 1. The van der Waals surface area contributed by atoms with E-state index in [1.807, 2.05) is 0 Å². The molecule has 0 bridgehead atoms. The second-order valence-electron chi connectivity index (χ2n) is 15.3. The summed E-state index contributed by atoms with van der Waals surface area (Å²) in [5.74, 6) is -6.40. The second-order valence-corrected chi connectivity index (χ2v) is 15.3. The molecular weight excluding hydrogens is 836 g/mol. The molecule has 0 aromatic heterocycles. The minimum Gasteiger partial charge on any atom is -0.459 e. The number of benzene rings is 4. The smallest absolute Gasteiger partial charge is 0.338 e. The molecule has 17 heteroatoms. The summed E-state index contributed by atoms with van der Waals surface area (Å²) >= 11 is 0. The van der Waals surface area contributed by atoms with Gasteiger partial charge in [-0.2, -0.15) is 0 Å². The zero-order chi connectivity index (χ0) is 45.4. The Kier molecular flexibility index (Phi) is 14.9. The van der Waals surface area contributed by atoms with Gasteiger partial charge in [0, 0.05) is 21.3 Å². The summed E-state index contributed by atoms with van der Waals surface area (Å²) in [6.45, 7) is 2.18. The van der Waals surface area contributed by atoms with Crippen molar-refractivity contribution in [2.24, 2.45) is 0 Å². The van der Waals surface area contributed by atoms with Gasteiger partial charge in [0.15, 0.2) is 30.9 Å². The van der Waals surface area contributed by atoms with E-state index in [9.17, 15) is 24.3 Å². The first-order valence-electron chi connectivity index (χ1n) is 20.5. The van der Waals surface area contributed by atoms with Gasteiger partial charge < -0.3 is 61.9 Å². The number of rotatable bonds is 15. The van der Waals surface area contributed by atoms with Gasteiger partial charge in [-0.05, 0) is 62.4 Å². The van der Waals surface area contributed by atoms with E-state index >= 15 is 0 Å². The van der Waals surface area contributed by atoms with Crippen molar-refractivity contribution in [3.63, 3.8) is 0 Å². The predicted octanol–water partition coefficient (Wildman–Crippen LogP) is 4.50. The normalized spacial score (nSPS) is 31.2. The van der Waals surface area contributed by atoms with Crippen LogP contribution in [0.25, 0.3) is 0 Å². The number of aliphatic hydroxyl groups excluding tert-OH is 1. The molecule has 4 aromatic carbocycles. The third-order valence-corrected chi connectivity index (χ3v) is 11.3. The molecule has 340 valence electrons. The van der Waals surface area contributed by atoms with Crippen LogP contribution in [-0.4, -0.2) is 137 Å². The number of hydrogen-bond donors (Lipinski definition) is 1.